The van der Waals surface area contributed by atoms with E-state index in [0.717, 1.165) is 39.1 Å². The Morgan fingerprint density at radius 2 is 1.76 bits per heavy atom. The molecule has 1 fully saturated rings. The van der Waals surface area contributed by atoms with Crippen molar-refractivity contribution in [2.24, 2.45) is 0 Å². The third-order valence-corrected chi connectivity index (χ3v) is 8.39. The standard InChI is InChI=1S/C32H29N5O3S/c1-21-6-5-9-26-29(21)36-28(35-26)18-22-10-12-25(13-11-22)34-30(38)27-20-41-31(24-14-16-33-17-15-24)37(27)32(39)40-19-23-7-3-2-4-8-23/h2-17,27,31H,18-20H2,1H3,(H,34,38)(H,35,36)/t27-,31?/m0/s1. The van der Waals surface area contributed by atoms with Gasteiger partial charge in [-0.1, -0.05) is 54.6 Å². The Balaban J connectivity index is 1.15. The van der Waals surface area contributed by atoms with Crippen LogP contribution >= 0.6 is 11.8 Å². The van der Waals surface area contributed by atoms with E-state index in [1.165, 1.54) is 16.7 Å². The van der Waals surface area contributed by atoms with Gasteiger partial charge in [-0.25, -0.2) is 9.78 Å². The van der Waals surface area contributed by atoms with E-state index in [2.05, 4.69) is 28.3 Å². The van der Waals surface area contributed by atoms with Crippen LogP contribution in [-0.2, 0) is 22.6 Å². The van der Waals surface area contributed by atoms with E-state index in [-0.39, 0.29) is 17.9 Å². The number of carbonyl (C=O) groups is 2. The molecular weight excluding hydrogens is 534 g/mol. The number of hydrogen-bond acceptors (Lipinski definition) is 6. The van der Waals surface area contributed by atoms with Crippen molar-refractivity contribution >= 4 is 40.5 Å². The Kier molecular flexibility index (Phi) is 7.69. The van der Waals surface area contributed by atoms with Crippen LogP contribution in [0.5, 0.6) is 0 Å². The summed E-state index contributed by atoms with van der Waals surface area (Å²) in [4.78, 5) is 40.6. The number of aryl methyl sites for hydroxylation is 1. The zero-order valence-electron chi connectivity index (χ0n) is 22.5. The minimum Gasteiger partial charge on any atom is -0.444 e. The Hall–Kier alpha value is -4.63. The number of ether oxygens (including phenoxy) is 1. The molecule has 41 heavy (non-hydrogen) atoms. The van der Waals surface area contributed by atoms with E-state index in [0.29, 0.717) is 17.9 Å². The number of aromatic nitrogens is 3. The molecule has 0 saturated carbocycles. The van der Waals surface area contributed by atoms with Crippen LogP contribution in [0.4, 0.5) is 10.5 Å². The van der Waals surface area contributed by atoms with E-state index >= 15 is 0 Å². The number of amides is 2. The Labute approximate surface area is 242 Å². The summed E-state index contributed by atoms with van der Waals surface area (Å²) >= 11 is 1.53. The minimum absolute atomic E-state index is 0.129. The summed E-state index contributed by atoms with van der Waals surface area (Å²) in [6, 6.07) is 26.3. The van der Waals surface area contributed by atoms with Gasteiger partial charge in [0.25, 0.3) is 0 Å². The quantitative estimate of drug-likeness (QED) is 0.243. The van der Waals surface area contributed by atoms with E-state index in [9.17, 15) is 9.59 Å². The van der Waals surface area contributed by atoms with Crippen molar-refractivity contribution in [3.8, 4) is 0 Å². The van der Waals surface area contributed by atoms with E-state index in [4.69, 9.17) is 9.72 Å². The molecule has 0 aliphatic carbocycles. The summed E-state index contributed by atoms with van der Waals surface area (Å²) in [6.45, 7) is 2.18. The van der Waals surface area contributed by atoms with E-state index in [1.54, 1.807) is 12.4 Å². The number of aromatic amines is 1. The zero-order valence-corrected chi connectivity index (χ0v) is 23.3. The highest BCUT2D eigenvalue weighted by atomic mass is 32.2. The first-order valence-electron chi connectivity index (χ1n) is 13.4. The van der Waals surface area contributed by atoms with Gasteiger partial charge in [-0.15, -0.1) is 11.8 Å². The number of pyridine rings is 1. The second-order valence-corrected chi connectivity index (χ2v) is 11.1. The zero-order chi connectivity index (χ0) is 28.2. The number of imidazole rings is 1. The molecule has 3 heterocycles. The number of benzene rings is 3. The summed E-state index contributed by atoms with van der Waals surface area (Å²) in [5.74, 6) is 1.08. The van der Waals surface area contributed by atoms with Crippen LogP contribution in [0.1, 0.15) is 33.5 Å². The Morgan fingerprint density at radius 1 is 0.976 bits per heavy atom. The monoisotopic (exact) mass is 563 g/mol. The molecule has 1 saturated heterocycles. The number of nitrogens with zero attached hydrogens (tertiary/aromatic N) is 3. The van der Waals surface area contributed by atoms with Gasteiger partial charge in [-0.05, 0) is 59.5 Å². The predicted molar refractivity (Wildman–Crippen MR) is 160 cm³/mol. The van der Waals surface area contributed by atoms with Crippen molar-refractivity contribution in [3.05, 3.63) is 125 Å². The number of rotatable bonds is 7. The molecule has 1 aliphatic heterocycles. The topological polar surface area (TPSA) is 100 Å². The third kappa shape index (κ3) is 5.95. The summed E-state index contributed by atoms with van der Waals surface area (Å²) in [7, 11) is 0. The molecule has 5 aromatic rings. The van der Waals surface area contributed by atoms with Crippen LogP contribution in [0.2, 0.25) is 0 Å². The number of fused-ring (bicyclic) bond motifs is 1. The smallest absolute Gasteiger partial charge is 0.412 e. The lowest BCUT2D eigenvalue weighted by Crippen LogP contribution is -2.45. The molecule has 0 radical (unpaired) electrons. The molecule has 6 rings (SSSR count). The molecule has 206 valence electrons. The SMILES string of the molecule is Cc1cccc2[nH]c(Cc3ccc(NC(=O)[C@@H]4CSC(c5ccncc5)N4C(=O)OCc4ccccc4)cc3)nc12. The van der Waals surface area contributed by atoms with Gasteiger partial charge in [-0.3, -0.25) is 14.7 Å². The number of H-pyrrole nitrogens is 1. The fraction of sp³-hybridized carbons (Fsp3) is 0.188. The van der Waals surface area contributed by atoms with Gasteiger partial charge in [0.05, 0.1) is 11.0 Å². The van der Waals surface area contributed by atoms with Crippen molar-refractivity contribution in [3.63, 3.8) is 0 Å². The first-order chi connectivity index (χ1) is 20.0. The number of para-hydroxylation sites is 1. The predicted octanol–water partition coefficient (Wildman–Crippen LogP) is 6.25. The third-order valence-electron chi connectivity index (χ3n) is 7.07. The van der Waals surface area contributed by atoms with Gasteiger partial charge in [0, 0.05) is 30.3 Å². The molecule has 0 spiro atoms. The van der Waals surface area contributed by atoms with Crippen molar-refractivity contribution in [2.75, 3.05) is 11.1 Å². The number of nitrogens with one attached hydrogen (secondary N) is 2. The average Bonchev–Trinajstić information content (AvgIpc) is 3.63. The molecule has 2 atom stereocenters. The maximum atomic E-state index is 13.5. The second-order valence-electron chi connectivity index (χ2n) is 9.95. The molecule has 1 unspecified atom stereocenters. The highest BCUT2D eigenvalue weighted by Gasteiger charge is 2.43. The molecule has 3 aromatic carbocycles. The van der Waals surface area contributed by atoms with Gasteiger partial charge in [0.15, 0.2) is 0 Å². The van der Waals surface area contributed by atoms with E-state index in [1.807, 2.05) is 78.9 Å². The normalized spacial score (nSPS) is 16.6. The van der Waals surface area contributed by atoms with Gasteiger partial charge < -0.3 is 15.0 Å². The lowest BCUT2D eigenvalue weighted by molar-refractivity contribution is -0.120. The van der Waals surface area contributed by atoms with Gasteiger partial charge in [0.2, 0.25) is 5.91 Å². The largest absolute Gasteiger partial charge is 0.444 e. The summed E-state index contributed by atoms with van der Waals surface area (Å²) in [5, 5.41) is 2.64. The maximum absolute atomic E-state index is 13.5. The van der Waals surface area contributed by atoms with Crippen LogP contribution < -0.4 is 5.32 Å². The number of thioether (sulfide) groups is 1. The highest BCUT2D eigenvalue weighted by molar-refractivity contribution is 7.99. The number of carbonyl (C=O) groups excluding carboxylic acids is 2. The fourth-order valence-electron chi connectivity index (χ4n) is 4.95. The van der Waals surface area contributed by atoms with E-state index < -0.39 is 12.1 Å². The Bertz CT molecular complexity index is 1660. The van der Waals surface area contributed by atoms with Crippen LogP contribution in [0.3, 0.4) is 0 Å². The lowest BCUT2D eigenvalue weighted by atomic mass is 10.1. The maximum Gasteiger partial charge on any atom is 0.412 e. The average molecular weight is 564 g/mol. The molecule has 2 amide bonds. The number of anilines is 1. The second kappa shape index (κ2) is 11.9. The molecule has 8 nitrogen and oxygen atoms in total. The molecule has 2 N–H and O–H groups in total. The summed E-state index contributed by atoms with van der Waals surface area (Å²) in [6.07, 6.45) is 3.49. The first kappa shape index (κ1) is 26.6. The van der Waals surface area contributed by atoms with Gasteiger partial charge in [0.1, 0.15) is 23.8 Å². The van der Waals surface area contributed by atoms with Crippen LogP contribution in [0, 0.1) is 6.92 Å². The van der Waals surface area contributed by atoms with Crippen molar-refractivity contribution in [1.82, 2.24) is 19.9 Å². The molecule has 2 aromatic heterocycles. The molecule has 9 heteroatoms. The van der Waals surface area contributed by atoms with Crippen LogP contribution in [0.25, 0.3) is 11.0 Å². The van der Waals surface area contributed by atoms with Gasteiger partial charge in [-0.2, -0.15) is 0 Å². The molecule has 0 bridgehead atoms. The lowest BCUT2D eigenvalue weighted by Gasteiger charge is -2.28. The molecule has 1 aliphatic rings. The van der Waals surface area contributed by atoms with Crippen molar-refractivity contribution in [1.29, 1.82) is 0 Å². The highest BCUT2D eigenvalue weighted by Crippen LogP contribution is 2.42. The number of hydrogen-bond donors (Lipinski definition) is 2. The summed E-state index contributed by atoms with van der Waals surface area (Å²) in [5.41, 5.74) is 6.65. The first-order valence-corrected chi connectivity index (χ1v) is 14.4. The van der Waals surface area contributed by atoms with Crippen LogP contribution in [0.15, 0.2) is 97.3 Å². The summed E-state index contributed by atoms with van der Waals surface area (Å²) < 4.78 is 5.66. The molecular formula is C32H29N5O3S. The minimum atomic E-state index is -0.695. The Morgan fingerprint density at radius 3 is 2.51 bits per heavy atom. The van der Waals surface area contributed by atoms with Gasteiger partial charge >= 0.3 is 6.09 Å². The van der Waals surface area contributed by atoms with Crippen molar-refractivity contribution < 1.29 is 14.3 Å². The van der Waals surface area contributed by atoms with Crippen molar-refractivity contribution in [2.45, 2.75) is 31.4 Å². The fourth-order valence-corrected chi connectivity index (χ4v) is 6.36. The van der Waals surface area contributed by atoms with Crippen LogP contribution in [-0.4, -0.2) is 43.6 Å².